The monoisotopic (exact) mass is 397 g/mol. The molecule has 1 aliphatic heterocycles. The molecular formula is C20H27N7O2. The third-order valence-electron chi connectivity index (χ3n) is 5.37. The molecule has 4 rings (SSSR count). The summed E-state index contributed by atoms with van der Waals surface area (Å²) in [7, 11) is 0. The maximum atomic E-state index is 10.1. The largest absolute Gasteiger partial charge is 0.491 e. The molecule has 29 heavy (non-hydrogen) atoms. The molecule has 0 amide bonds. The number of benzene rings is 1. The topological polar surface area (TPSA) is 127 Å². The number of anilines is 1. The van der Waals surface area contributed by atoms with Crippen LogP contribution in [0.1, 0.15) is 32.1 Å². The minimum atomic E-state index is -0.628. The Morgan fingerprint density at radius 2 is 1.90 bits per heavy atom. The van der Waals surface area contributed by atoms with Gasteiger partial charge in [0, 0.05) is 18.1 Å². The van der Waals surface area contributed by atoms with Crippen molar-refractivity contribution in [2.45, 2.75) is 50.4 Å². The van der Waals surface area contributed by atoms with Gasteiger partial charge in [0.05, 0.1) is 12.9 Å². The molecule has 5 N–H and O–H groups in total. The first kappa shape index (κ1) is 19.3. The van der Waals surface area contributed by atoms with Crippen molar-refractivity contribution in [3.8, 4) is 5.75 Å². The lowest BCUT2D eigenvalue weighted by molar-refractivity contribution is 0.0925. The average molecular weight is 397 g/mol. The fraction of sp³-hybridized carbons (Fsp3) is 0.450. The van der Waals surface area contributed by atoms with E-state index in [0.717, 1.165) is 31.4 Å². The smallest absolute Gasteiger partial charge is 0.220 e. The molecule has 1 unspecified atom stereocenters. The zero-order chi connectivity index (χ0) is 20.3. The van der Waals surface area contributed by atoms with Crippen molar-refractivity contribution in [2.24, 2.45) is 21.5 Å². The van der Waals surface area contributed by atoms with Crippen molar-refractivity contribution >= 4 is 17.6 Å². The van der Waals surface area contributed by atoms with Gasteiger partial charge in [0.2, 0.25) is 11.9 Å². The fourth-order valence-corrected chi connectivity index (χ4v) is 4.07. The highest BCUT2D eigenvalue weighted by molar-refractivity contribution is 6.05. The summed E-state index contributed by atoms with van der Waals surface area (Å²) < 4.78 is 7.54. The van der Waals surface area contributed by atoms with E-state index in [0.29, 0.717) is 18.3 Å². The number of aliphatic hydroxyl groups is 1. The summed E-state index contributed by atoms with van der Waals surface area (Å²) in [5.41, 5.74) is 12.6. The molecule has 1 aromatic carbocycles. The number of hydrogen-bond acceptors (Lipinski definition) is 8. The number of nitrogens with zero attached hydrogens (tertiary/aromatic N) is 5. The summed E-state index contributed by atoms with van der Waals surface area (Å²) in [6.07, 6.45) is 9.65. The second-order valence-electron chi connectivity index (χ2n) is 7.54. The molecule has 9 heteroatoms. The number of nitrogens with two attached hydrogens (primary N) is 2. The van der Waals surface area contributed by atoms with Gasteiger partial charge in [-0.2, -0.15) is 4.99 Å². The van der Waals surface area contributed by atoms with E-state index in [1.807, 2.05) is 33.7 Å². The van der Waals surface area contributed by atoms with Gasteiger partial charge in [0.15, 0.2) is 0 Å². The van der Waals surface area contributed by atoms with E-state index in [1.54, 1.807) is 18.7 Å². The lowest BCUT2D eigenvalue weighted by Gasteiger charge is -2.45. The quantitative estimate of drug-likeness (QED) is 0.677. The summed E-state index contributed by atoms with van der Waals surface area (Å²) in [6, 6.07) is 7.61. The predicted octanol–water partition coefficient (Wildman–Crippen LogP) is 1.43. The Labute approximate surface area is 169 Å². The van der Waals surface area contributed by atoms with Crippen molar-refractivity contribution < 1.29 is 9.84 Å². The van der Waals surface area contributed by atoms with Gasteiger partial charge in [-0.1, -0.05) is 6.42 Å². The molecular weight excluding hydrogens is 370 g/mol. The number of guanidine groups is 2. The molecule has 2 aliphatic rings. The summed E-state index contributed by atoms with van der Waals surface area (Å²) in [5.74, 6) is 1.28. The second kappa shape index (κ2) is 8.12. The first-order valence-electron chi connectivity index (χ1n) is 9.92. The van der Waals surface area contributed by atoms with E-state index in [2.05, 4.69) is 15.0 Å². The van der Waals surface area contributed by atoms with Gasteiger partial charge in [0.1, 0.15) is 24.1 Å². The van der Waals surface area contributed by atoms with E-state index in [4.69, 9.17) is 16.2 Å². The Balaban J connectivity index is 1.44. The highest BCUT2D eigenvalue weighted by Crippen LogP contribution is 2.39. The van der Waals surface area contributed by atoms with Crippen LogP contribution in [0.15, 0.2) is 53.0 Å². The van der Waals surface area contributed by atoms with Gasteiger partial charge >= 0.3 is 0 Å². The van der Waals surface area contributed by atoms with Crippen molar-refractivity contribution in [2.75, 3.05) is 11.5 Å². The first-order valence-corrected chi connectivity index (χ1v) is 9.92. The van der Waals surface area contributed by atoms with Crippen LogP contribution in [0, 0.1) is 0 Å². The van der Waals surface area contributed by atoms with Gasteiger partial charge in [-0.05, 0) is 49.9 Å². The molecule has 1 aliphatic carbocycles. The Hall–Kier alpha value is -3.07. The van der Waals surface area contributed by atoms with Gasteiger partial charge in [-0.25, -0.2) is 9.98 Å². The van der Waals surface area contributed by atoms with Gasteiger partial charge in [-0.15, -0.1) is 0 Å². The van der Waals surface area contributed by atoms with Crippen LogP contribution in [0.4, 0.5) is 5.69 Å². The molecule has 1 aromatic heterocycles. The van der Waals surface area contributed by atoms with Crippen LogP contribution in [0.5, 0.6) is 5.75 Å². The van der Waals surface area contributed by atoms with E-state index in [1.165, 1.54) is 6.42 Å². The first-order chi connectivity index (χ1) is 14.1. The van der Waals surface area contributed by atoms with Crippen LogP contribution in [-0.4, -0.2) is 45.0 Å². The summed E-state index contributed by atoms with van der Waals surface area (Å²) in [5, 5.41) is 10.1. The number of aromatic nitrogens is 2. The van der Waals surface area contributed by atoms with Crippen molar-refractivity contribution in [1.82, 2.24) is 9.55 Å². The van der Waals surface area contributed by atoms with E-state index in [-0.39, 0.29) is 12.6 Å². The lowest BCUT2D eigenvalue weighted by Crippen LogP contribution is -2.58. The number of aliphatic imine (C=N–C) groups is 2. The minimum Gasteiger partial charge on any atom is -0.491 e. The maximum Gasteiger partial charge on any atom is 0.220 e. The zero-order valence-corrected chi connectivity index (χ0v) is 16.3. The van der Waals surface area contributed by atoms with Crippen LogP contribution in [0.25, 0.3) is 0 Å². The van der Waals surface area contributed by atoms with Gasteiger partial charge < -0.3 is 25.9 Å². The summed E-state index contributed by atoms with van der Waals surface area (Å²) >= 11 is 0. The zero-order valence-electron chi connectivity index (χ0n) is 16.3. The van der Waals surface area contributed by atoms with Gasteiger partial charge in [0.25, 0.3) is 0 Å². The number of hydrogen-bond donors (Lipinski definition) is 3. The lowest BCUT2D eigenvalue weighted by atomic mass is 9.87. The SMILES string of the molecule is NC1=NC2(CCCCC2)N(c2ccc(OCC(O)Cn3ccnc3)cc2)C(N)=N1. The summed E-state index contributed by atoms with van der Waals surface area (Å²) in [4.78, 5) is 14.8. The second-order valence-corrected chi connectivity index (χ2v) is 7.54. The summed E-state index contributed by atoms with van der Waals surface area (Å²) in [6.45, 7) is 0.621. The Morgan fingerprint density at radius 3 is 2.59 bits per heavy atom. The molecule has 9 nitrogen and oxygen atoms in total. The third kappa shape index (κ3) is 4.19. The van der Waals surface area contributed by atoms with Crippen LogP contribution in [0.2, 0.25) is 0 Å². The van der Waals surface area contributed by atoms with Gasteiger partial charge in [-0.3, -0.25) is 4.90 Å². The van der Waals surface area contributed by atoms with Crippen LogP contribution in [0.3, 0.4) is 0 Å². The normalized spacial score (nSPS) is 19.6. The highest BCUT2D eigenvalue weighted by atomic mass is 16.5. The Morgan fingerprint density at radius 1 is 1.14 bits per heavy atom. The van der Waals surface area contributed by atoms with Crippen LogP contribution in [-0.2, 0) is 6.54 Å². The van der Waals surface area contributed by atoms with Crippen LogP contribution >= 0.6 is 0 Å². The maximum absolute atomic E-state index is 10.1. The predicted molar refractivity (Wildman–Crippen MR) is 112 cm³/mol. The number of aliphatic hydroxyl groups excluding tert-OH is 1. The average Bonchev–Trinajstić information content (AvgIpc) is 3.20. The Kier molecular flexibility index (Phi) is 5.39. The number of imidazole rings is 1. The van der Waals surface area contributed by atoms with E-state index >= 15 is 0 Å². The van der Waals surface area contributed by atoms with E-state index in [9.17, 15) is 5.11 Å². The standard InChI is InChI=1S/C20H27N7O2/c21-18-24-19(22)27(20(25-18)8-2-1-3-9-20)15-4-6-17(7-5-15)29-13-16(28)12-26-11-10-23-14-26/h4-7,10-11,14,16,28H,1-3,8-9,12-13H2,(H4,21,22,24,25). The molecule has 1 spiro atoms. The molecule has 2 aromatic rings. The molecule has 0 radical (unpaired) electrons. The number of rotatable bonds is 6. The molecule has 154 valence electrons. The third-order valence-corrected chi connectivity index (χ3v) is 5.37. The molecule has 1 atom stereocenters. The molecule has 0 bridgehead atoms. The van der Waals surface area contributed by atoms with Crippen molar-refractivity contribution in [1.29, 1.82) is 0 Å². The van der Waals surface area contributed by atoms with Crippen molar-refractivity contribution in [3.63, 3.8) is 0 Å². The Bertz CT molecular complexity index is 871. The van der Waals surface area contributed by atoms with Crippen molar-refractivity contribution in [3.05, 3.63) is 43.0 Å². The molecule has 0 saturated heterocycles. The highest BCUT2D eigenvalue weighted by Gasteiger charge is 2.42. The minimum absolute atomic E-state index is 0.190. The fourth-order valence-electron chi connectivity index (χ4n) is 4.07. The molecule has 1 fully saturated rings. The molecule has 2 heterocycles. The molecule has 1 saturated carbocycles. The number of ether oxygens (including phenoxy) is 1. The van der Waals surface area contributed by atoms with E-state index < -0.39 is 11.8 Å². The van der Waals surface area contributed by atoms with Crippen LogP contribution < -0.4 is 21.1 Å².